The fraction of sp³-hybridized carbons (Fsp3) is 0.364. The summed E-state index contributed by atoms with van der Waals surface area (Å²) in [4.78, 5) is 4.36. The Labute approximate surface area is 88.0 Å². The summed E-state index contributed by atoms with van der Waals surface area (Å²) < 4.78 is 1.07. The van der Waals surface area contributed by atoms with Crippen LogP contribution < -0.4 is 0 Å². The summed E-state index contributed by atoms with van der Waals surface area (Å²) in [6, 6.07) is 0. The molecule has 0 aliphatic heterocycles. The Morgan fingerprint density at radius 2 is 2.23 bits per heavy atom. The van der Waals surface area contributed by atoms with E-state index in [0.29, 0.717) is 0 Å². The lowest BCUT2D eigenvalue weighted by Crippen LogP contribution is -1.95. The number of pyridine rings is 1. The third-order valence-electron chi connectivity index (χ3n) is 2.10. The van der Waals surface area contributed by atoms with Gasteiger partial charge < -0.3 is 0 Å². The van der Waals surface area contributed by atoms with E-state index in [1.165, 1.54) is 16.8 Å². The van der Waals surface area contributed by atoms with Crippen molar-refractivity contribution in [3.8, 4) is 0 Å². The summed E-state index contributed by atoms with van der Waals surface area (Å²) in [6.45, 7) is 6.27. The van der Waals surface area contributed by atoms with Crippen LogP contribution in [0.2, 0.25) is 0 Å². The minimum atomic E-state index is 0.990. The molecule has 70 valence electrons. The van der Waals surface area contributed by atoms with E-state index in [2.05, 4.69) is 40.8 Å². The van der Waals surface area contributed by atoms with Gasteiger partial charge in [0.2, 0.25) is 0 Å². The highest BCUT2D eigenvalue weighted by molar-refractivity contribution is 9.10. The summed E-state index contributed by atoms with van der Waals surface area (Å²) in [7, 11) is 0. The van der Waals surface area contributed by atoms with Gasteiger partial charge in [-0.3, -0.25) is 4.98 Å². The Bertz CT molecular complexity index is 329. The summed E-state index contributed by atoms with van der Waals surface area (Å²) in [5.74, 6) is 0. The molecule has 13 heavy (non-hydrogen) atoms. The van der Waals surface area contributed by atoms with E-state index in [4.69, 9.17) is 0 Å². The van der Waals surface area contributed by atoms with E-state index in [1.54, 1.807) is 0 Å². The summed E-state index contributed by atoms with van der Waals surface area (Å²) in [6.07, 6.45) is 7.03. The molecule has 1 nitrogen and oxygen atoms in total. The van der Waals surface area contributed by atoms with E-state index in [0.717, 1.165) is 10.9 Å². The zero-order chi connectivity index (χ0) is 9.84. The monoisotopic (exact) mass is 239 g/mol. The molecule has 0 fully saturated rings. The standard InChI is InChI=1S/C11H14BrN/c1-4-6-9-8(3)11(5-2)13-7-10(9)12/h4,6-7H,5H2,1-3H3/b6-4-. The van der Waals surface area contributed by atoms with Crippen LogP contribution in [0.1, 0.15) is 30.7 Å². The Hall–Kier alpha value is -0.630. The lowest BCUT2D eigenvalue weighted by molar-refractivity contribution is 1.00. The summed E-state index contributed by atoms with van der Waals surface area (Å²) >= 11 is 3.50. The van der Waals surface area contributed by atoms with Gasteiger partial charge in [-0.1, -0.05) is 19.1 Å². The fourth-order valence-electron chi connectivity index (χ4n) is 1.36. The second-order valence-corrected chi connectivity index (χ2v) is 3.80. The SMILES string of the molecule is C/C=C\c1c(Br)cnc(CC)c1C. The molecule has 0 spiro atoms. The van der Waals surface area contributed by atoms with E-state index in [-0.39, 0.29) is 0 Å². The molecule has 0 radical (unpaired) electrons. The molecule has 1 heterocycles. The molecule has 1 rings (SSSR count). The van der Waals surface area contributed by atoms with Crippen LogP contribution in [0.25, 0.3) is 6.08 Å². The first-order valence-electron chi connectivity index (χ1n) is 4.47. The minimum absolute atomic E-state index is 0.990. The molecule has 0 atom stereocenters. The number of nitrogens with zero attached hydrogens (tertiary/aromatic N) is 1. The number of rotatable bonds is 2. The highest BCUT2D eigenvalue weighted by Gasteiger charge is 2.05. The Balaban J connectivity index is 3.29. The van der Waals surface area contributed by atoms with Gasteiger partial charge in [0.1, 0.15) is 0 Å². The maximum atomic E-state index is 4.36. The Kier molecular flexibility index (Phi) is 3.67. The van der Waals surface area contributed by atoms with Gasteiger partial charge in [0.25, 0.3) is 0 Å². The van der Waals surface area contributed by atoms with Gasteiger partial charge in [-0.15, -0.1) is 0 Å². The van der Waals surface area contributed by atoms with Crippen molar-refractivity contribution in [2.24, 2.45) is 0 Å². The van der Waals surface area contributed by atoms with Crippen LogP contribution in [0.3, 0.4) is 0 Å². The second-order valence-electron chi connectivity index (χ2n) is 2.95. The first-order valence-corrected chi connectivity index (χ1v) is 5.26. The average Bonchev–Trinajstić information content (AvgIpc) is 2.12. The number of allylic oxidation sites excluding steroid dienone is 1. The first kappa shape index (κ1) is 10.5. The van der Waals surface area contributed by atoms with E-state index < -0.39 is 0 Å². The van der Waals surface area contributed by atoms with Gasteiger partial charge in [-0.25, -0.2) is 0 Å². The largest absolute Gasteiger partial charge is 0.260 e. The smallest absolute Gasteiger partial charge is 0.0436 e. The van der Waals surface area contributed by atoms with Gasteiger partial charge in [-0.05, 0) is 47.3 Å². The minimum Gasteiger partial charge on any atom is -0.260 e. The van der Waals surface area contributed by atoms with Crippen LogP contribution in [-0.4, -0.2) is 4.98 Å². The lowest BCUT2D eigenvalue weighted by Gasteiger charge is -2.07. The van der Waals surface area contributed by atoms with Crippen molar-refractivity contribution in [2.75, 3.05) is 0 Å². The highest BCUT2D eigenvalue weighted by Crippen LogP contribution is 2.23. The summed E-state index contributed by atoms with van der Waals surface area (Å²) in [5, 5.41) is 0. The molecule has 2 heteroatoms. The molecule has 0 amide bonds. The van der Waals surface area contributed by atoms with Crippen molar-refractivity contribution in [3.63, 3.8) is 0 Å². The molecular formula is C11H14BrN. The highest BCUT2D eigenvalue weighted by atomic mass is 79.9. The van der Waals surface area contributed by atoms with Crippen molar-refractivity contribution >= 4 is 22.0 Å². The number of aryl methyl sites for hydroxylation is 1. The van der Waals surface area contributed by atoms with Crippen LogP contribution in [0.4, 0.5) is 0 Å². The van der Waals surface area contributed by atoms with Crippen molar-refractivity contribution in [1.29, 1.82) is 0 Å². The molecule has 0 bridgehead atoms. The van der Waals surface area contributed by atoms with Gasteiger partial charge >= 0.3 is 0 Å². The molecule has 1 aromatic heterocycles. The molecule has 0 saturated heterocycles. The Morgan fingerprint density at radius 3 is 2.77 bits per heavy atom. The van der Waals surface area contributed by atoms with Crippen molar-refractivity contribution in [1.82, 2.24) is 4.98 Å². The first-order chi connectivity index (χ1) is 6.20. The van der Waals surface area contributed by atoms with Gasteiger partial charge in [0.05, 0.1) is 0 Å². The van der Waals surface area contributed by atoms with Crippen molar-refractivity contribution in [2.45, 2.75) is 27.2 Å². The topological polar surface area (TPSA) is 12.9 Å². The average molecular weight is 240 g/mol. The van der Waals surface area contributed by atoms with Gasteiger partial charge in [0.15, 0.2) is 0 Å². The van der Waals surface area contributed by atoms with Crippen molar-refractivity contribution in [3.05, 3.63) is 33.6 Å². The number of hydrogen-bond acceptors (Lipinski definition) is 1. The maximum Gasteiger partial charge on any atom is 0.0436 e. The number of aromatic nitrogens is 1. The zero-order valence-corrected chi connectivity index (χ0v) is 9.85. The zero-order valence-electron chi connectivity index (χ0n) is 8.26. The quantitative estimate of drug-likeness (QED) is 0.767. The number of hydrogen-bond donors (Lipinski definition) is 0. The normalized spacial score (nSPS) is 11.1. The predicted molar refractivity (Wildman–Crippen MR) is 60.8 cm³/mol. The maximum absolute atomic E-state index is 4.36. The molecule has 1 aromatic rings. The van der Waals surface area contributed by atoms with Crippen molar-refractivity contribution < 1.29 is 0 Å². The van der Waals surface area contributed by atoms with E-state index in [1.807, 2.05) is 19.2 Å². The molecule has 0 aliphatic rings. The Morgan fingerprint density at radius 1 is 1.54 bits per heavy atom. The molecule has 0 saturated carbocycles. The van der Waals surface area contributed by atoms with Crippen LogP contribution in [0, 0.1) is 6.92 Å². The third kappa shape index (κ3) is 2.19. The van der Waals surface area contributed by atoms with Gasteiger partial charge in [0, 0.05) is 16.4 Å². The van der Waals surface area contributed by atoms with Crippen LogP contribution >= 0.6 is 15.9 Å². The van der Waals surface area contributed by atoms with E-state index in [9.17, 15) is 0 Å². The summed E-state index contributed by atoms with van der Waals surface area (Å²) in [5.41, 5.74) is 3.70. The lowest BCUT2D eigenvalue weighted by atomic mass is 10.1. The van der Waals surface area contributed by atoms with E-state index >= 15 is 0 Å². The number of halogens is 1. The fourth-order valence-corrected chi connectivity index (χ4v) is 1.90. The predicted octanol–water partition coefficient (Wildman–Crippen LogP) is 3.75. The molecule has 0 unspecified atom stereocenters. The molecule has 0 N–H and O–H groups in total. The van der Waals surface area contributed by atoms with Gasteiger partial charge in [-0.2, -0.15) is 0 Å². The molecule has 0 aromatic carbocycles. The van der Waals surface area contributed by atoms with Crippen LogP contribution in [0.5, 0.6) is 0 Å². The molecule has 0 aliphatic carbocycles. The van der Waals surface area contributed by atoms with Crippen LogP contribution in [0.15, 0.2) is 16.7 Å². The van der Waals surface area contributed by atoms with Crippen LogP contribution in [-0.2, 0) is 6.42 Å². The third-order valence-corrected chi connectivity index (χ3v) is 2.73. The molecular weight excluding hydrogens is 226 g/mol. The second kappa shape index (κ2) is 4.56.